The lowest BCUT2D eigenvalue weighted by Crippen LogP contribution is -2.29. The van der Waals surface area contributed by atoms with Crippen molar-refractivity contribution in [2.24, 2.45) is 0 Å². The number of hydrogen-bond acceptors (Lipinski definition) is 7. The van der Waals surface area contributed by atoms with E-state index in [1.54, 1.807) is 18.8 Å². The summed E-state index contributed by atoms with van der Waals surface area (Å²) in [6.07, 6.45) is 0. The van der Waals surface area contributed by atoms with Gasteiger partial charge < -0.3 is 14.8 Å². The average Bonchev–Trinajstić information content (AvgIpc) is 3.20. The molecule has 0 saturated carbocycles. The number of thiophene rings is 1. The van der Waals surface area contributed by atoms with Gasteiger partial charge in [0.05, 0.1) is 31.5 Å². The highest BCUT2D eigenvalue weighted by atomic mass is 32.2. The maximum absolute atomic E-state index is 12.6. The van der Waals surface area contributed by atoms with E-state index >= 15 is 0 Å². The highest BCUT2D eigenvalue weighted by Gasteiger charge is 2.17. The van der Waals surface area contributed by atoms with Crippen LogP contribution in [0.25, 0.3) is 10.2 Å². The molecule has 1 amide bonds. The minimum Gasteiger partial charge on any atom is -0.497 e. The molecule has 2 heterocycles. The molecule has 1 aromatic carbocycles. The van der Waals surface area contributed by atoms with Gasteiger partial charge in [-0.05, 0) is 43.5 Å². The molecule has 1 unspecified atom stereocenters. The van der Waals surface area contributed by atoms with E-state index < -0.39 is 0 Å². The Morgan fingerprint density at radius 3 is 2.79 bits per heavy atom. The normalized spacial score (nSPS) is 12.0. The van der Waals surface area contributed by atoms with E-state index in [1.165, 1.54) is 23.1 Å². The molecule has 0 bridgehead atoms. The van der Waals surface area contributed by atoms with Crippen LogP contribution >= 0.6 is 23.1 Å². The molecule has 3 rings (SSSR count). The number of fused-ring (bicyclic) bond motifs is 1. The molecule has 2 aromatic heterocycles. The Morgan fingerprint density at radius 2 is 2.10 bits per heavy atom. The summed E-state index contributed by atoms with van der Waals surface area (Å²) in [5.74, 6) is 1.36. The van der Waals surface area contributed by atoms with Crippen molar-refractivity contribution in [3.05, 3.63) is 45.6 Å². The summed E-state index contributed by atoms with van der Waals surface area (Å²) in [6, 6.07) is 7.02. The Bertz CT molecular complexity index is 1080. The summed E-state index contributed by atoms with van der Waals surface area (Å²) in [5, 5.41) is 5.37. The Kier molecular flexibility index (Phi) is 6.81. The Morgan fingerprint density at radius 1 is 1.31 bits per heavy atom. The Balaban J connectivity index is 1.72. The Labute approximate surface area is 177 Å². The molecule has 0 aliphatic heterocycles. The van der Waals surface area contributed by atoms with E-state index in [4.69, 9.17) is 9.47 Å². The first-order valence-corrected chi connectivity index (χ1v) is 11.0. The minimum absolute atomic E-state index is 0.0649. The van der Waals surface area contributed by atoms with Crippen LogP contribution in [0.2, 0.25) is 0 Å². The van der Waals surface area contributed by atoms with Crippen molar-refractivity contribution in [2.45, 2.75) is 31.6 Å². The summed E-state index contributed by atoms with van der Waals surface area (Å²) in [7, 11) is 3.18. The number of amides is 1. The number of thioether (sulfide) groups is 1. The molecule has 1 atom stereocenters. The number of nitrogens with one attached hydrogen (secondary N) is 1. The number of nitrogens with zero attached hydrogens (tertiary/aromatic N) is 2. The average molecular weight is 434 g/mol. The number of aromatic nitrogens is 2. The fourth-order valence-corrected chi connectivity index (χ4v) is 4.63. The first-order valence-electron chi connectivity index (χ1n) is 9.10. The third-order valence-electron chi connectivity index (χ3n) is 4.46. The van der Waals surface area contributed by atoms with Crippen molar-refractivity contribution in [2.75, 3.05) is 20.0 Å². The molecular weight excluding hydrogens is 410 g/mol. The highest BCUT2D eigenvalue weighted by Crippen LogP contribution is 2.29. The second kappa shape index (κ2) is 9.32. The summed E-state index contributed by atoms with van der Waals surface area (Å²) in [4.78, 5) is 29.7. The smallest absolute Gasteiger partial charge is 0.272 e. The van der Waals surface area contributed by atoms with E-state index in [0.29, 0.717) is 33.4 Å². The molecular formula is C20H23N3O4S2. The van der Waals surface area contributed by atoms with Gasteiger partial charge in [0.1, 0.15) is 16.2 Å². The topological polar surface area (TPSA) is 82.5 Å². The van der Waals surface area contributed by atoms with Crippen LogP contribution in [0, 0.1) is 0 Å². The third-order valence-corrected chi connectivity index (χ3v) is 6.33. The SMILES string of the molecule is CCn1c(SCC(=O)NC(C)c2cc(OC)ccc2OC)nc2ccsc2c1=O. The minimum atomic E-state index is -0.270. The fourth-order valence-electron chi connectivity index (χ4n) is 2.98. The highest BCUT2D eigenvalue weighted by molar-refractivity contribution is 7.99. The molecule has 0 saturated heterocycles. The van der Waals surface area contributed by atoms with Gasteiger partial charge in [-0.1, -0.05) is 11.8 Å². The van der Waals surface area contributed by atoms with Gasteiger partial charge in [-0.15, -0.1) is 11.3 Å². The molecule has 0 aliphatic carbocycles. The molecule has 29 heavy (non-hydrogen) atoms. The number of carbonyl (C=O) groups is 1. The van der Waals surface area contributed by atoms with Gasteiger partial charge in [0.15, 0.2) is 5.16 Å². The molecule has 0 spiro atoms. The van der Waals surface area contributed by atoms with Gasteiger partial charge in [0, 0.05) is 12.1 Å². The molecule has 7 nitrogen and oxygen atoms in total. The molecule has 154 valence electrons. The standard InChI is InChI=1S/C20H23N3O4S2/c1-5-23-19(25)18-15(8-9-28-18)22-20(23)29-11-17(24)21-12(2)14-10-13(26-3)6-7-16(14)27-4/h6-10,12H,5,11H2,1-4H3,(H,21,24). The zero-order valence-electron chi connectivity index (χ0n) is 16.7. The number of hydrogen-bond donors (Lipinski definition) is 1. The molecule has 0 aliphatic rings. The molecule has 3 aromatic rings. The van der Waals surface area contributed by atoms with Crippen molar-refractivity contribution in [3.63, 3.8) is 0 Å². The van der Waals surface area contributed by atoms with Crippen LogP contribution in [-0.2, 0) is 11.3 Å². The molecule has 0 radical (unpaired) electrons. The number of rotatable bonds is 8. The predicted octanol–water partition coefficient (Wildman–Crippen LogP) is 3.46. The molecule has 1 N–H and O–H groups in total. The lowest BCUT2D eigenvalue weighted by molar-refractivity contribution is -0.119. The van der Waals surface area contributed by atoms with Gasteiger partial charge >= 0.3 is 0 Å². The summed E-state index contributed by atoms with van der Waals surface area (Å²) >= 11 is 2.64. The van der Waals surface area contributed by atoms with Crippen molar-refractivity contribution in [1.29, 1.82) is 0 Å². The third kappa shape index (κ3) is 4.56. The summed E-state index contributed by atoms with van der Waals surface area (Å²) in [5.41, 5.74) is 1.43. The Hall–Kier alpha value is -2.52. The second-order valence-electron chi connectivity index (χ2n) is 6.26. The zero-order valence-corrected chi connectivity index (χ0v) is 18.4. The maximum atomic E-state index is 12.6. The first-order chi connectivity index (χ1) is 14.0. The molecule has 9 heteroatoms. The summed E-state index contributed by atoms with van der Waals surface area (Å²) < 4.78 is 12.9. The largest absolute Gasteiger partial charge is 0.497 e. The number of methoxy groups -OCH3 is 2. The van der Waals surface area contributed by atoms with Crippen LogP contribution in [0.3, 0.4) is 0 Å². The van der Waals surface area contributed by atoms with Crippen molar-refractivity contribution >= 4 is 39.2 Å². The number of benzene rings is 1. The number of ether oxygens (including phenoxy) is 2. The van der Waals surface area contributed by atoms with Gasteiger partial charge in [0.2, 0.25) is 5.91 Å². The van der Waals surface area contributed by atoms with Crippen LogP contribution in [0.5, 0.6) is 11.5 Å². The quantitative estimate of drug-likeness (QED) is 0.433. The van der Waals surface area contributed by atoms with Crippen molar-refractivity contribution in [1.82, 2.24) is 14.9 Å². The molecule has 0 fully saturated rings. The van der Waals surface area contributed by atoms with E-state index in [-0.39, 0.29) is 23.3 Å². The van der Waals surface area contributed by atoms with Gasteiger partial charge in [0.25, 0.3) is 5.56 Å². The van der Waals surface area contributed by atoms with Crippen molar-refractivity contribution < 1.29 is 14.3 Å². The van der Waals surface area contributed by atoms with Crippen LogP contribution in [-0.4, -0.2) is 35.4 Å². The second-order valence-corrected chi connectivity index (χ2v) is 8.12. The van der Waals surface area contributed by atoms with E-state index in [9.17, 15) is 9.59 Å². The van der Waals surface area contributed by atoms with Crippen molar-refractivity contribution in [3.8, 4) is 11.5 Å². The van der Waals surface area contributed by atoms with E-state index in [0.717, 1.165) is 5.56 Å². The van der Waals surface area contributed by atoms with Gasteiger partial charge in [-0.25, -0.2) is 4.98 Å². The van der Waals surface area contributed by atoms with E-state index in [1.807, 2.05) is 43.5 Å². The van der Waals surface area contributed by atoms with Gasteiger partial charge in [-0.2, -0.15) is 0 Å². The van der Waals surface area contributed by atoms with Crippen LogP contribution in [0.1, 0.15) is 25.5 Å². The van der Waals surface area contributed by atoms with E-state index in [2.05, 4.69) is 10.3 Å². The number of carbonyl (C=O) groups excluding carboxylic acids is 1. The zero-order chi connectivity index (χ0) is 21.0. The summed E-state index contributed by atoms with van der Waals surface area (Å²) in [6.45, 7) is 4.28. The van der Waals surface area contributed by atoms with Crippen LogP contribution in [0.15, 0.2) is 39.6 Å². The lowest BCUT2D eigenvalue weighted by atomic mass is 10.1. The monoisotopic (exact) mass is 433 g/mol. The first kappa shape index (κ1) is 21.2. The van der Waals surface area contributed by atoms with Crippen LogP contribution < -0.4 is 20.3 Å². The fraction of sp³-hybridized carbons (Fsp3) is 0.350. The van der Waals surface area contributed by atoms with Gasteiger partial charge in [-0.3, -0.25) is 14.2 Å². The lowest BCUT2D eigenvalue weighted by Gasteiger charge is -2.18. The maximum Gasteiger partial charge on any atom is 0.272 e. The predicted molar refractivity (Wildman–Crippen MR) is 116 cm³/mol. The van der Waals surface area contributed by atoms with Crippen LogP contribution in [0.4, 0.5) is 0 Å².